The highest BCUT2D eigenvalue weighted by Crippen LogP contribution is 2.31. The minimum Gasteiger partial charge on any atom is -0.497 e. The normalized spacial score (nSPS) is 15.9. The summed E-state index contributed by atoms with van der Waals surface area (Å²) in [5, 5.41) is 3.50. The van der Waals surface area contributed by atoms with Crippen molar-refractivity contribution in [2.24, 2.45) is 4.99 Å². The van der Waals surface area contributed by atoms with Gasteiger partial charge in [0.15, 0.2) is 0 Å². The highest BCUT2D eigenvalue weighted by molar-refractivity contribution is 5.98. The number of nitrogens with zero attached hydrogens (tertiary/aromatic N) is 1. The lowest BCUT2D eigenvalue weighted by atomic mass is 9.95. The number of anilines is 1. The molecule has 158 valence electrons. The van der Waals surface area contributed by atoms with Crippen molar-refractivity contribution in [2.75, 3.05) is 19.0 Å². The molecule has 1 aliphatic heterocycles. The van der Waals surface area contributed by atoms with Crippen LogP contribution in [-0.2, 0) is 4.74 Å². The predicted octanol–water partition coefficient (Wildman–Crippen LogP) is 6.24. The molecule has 1 aliphatic rings. The molecule has 0 fully saturated rings. The molecule has 0 aromatic heterocycles. The van der Waals surface area contributed by atoms with Crippen molar-refractivity contribution in [2.45, 2.75) is 26.8 Å². The summed E-state index contributed by atoms with van der Waals surface area (Å²) in [5.41, 5.74) is 8.03. The topological polar surface area (TPSA) is 42.8 Å². The van der Waals surface area contributed by atoms with Crippen LogP contribution >= 0.6 is 0 Å². The number of hydrogen-bond donors (Lipinski definition) is 1. The summed E-state index contributed by atoms with van der Waals surface area (Å²) in [5.74, 6) is 1.47. The molecule has 0 aliphatic carbocycles. The van der Waals surface area contributed by atoms with Crippen LogP contribution in [0.1, 0.15) is 33.9 Å². The van der Waals surface area contributed by atoms with Gasteiger partial charge in [0.25, 0.3) is 0 Å². The minimum absolute atomic E-state index is 0.0184. The van der Waals surface area contributed by atoms with E-state index in [1.807, 2.05) is 48.5 Å². The Balaban J connectivity index is 1.65. The van der Waals surface area contributed by atoms with E-state index in [1.165, 1.54) is 22.3 Å². The molecule has 3 aromatic rings. The molecule has 1 N–H and O–H groups in total. The lowest BCUT2D eigenvalue weighted by Gasteiger charge is -2.14. The van der Waals surface area contributed by atoms with E-state index >= 15 is 0 Å². The standard InChI is InChI=1S/C27H28N2O2/c1-18-14-19(2)27(20(3)15-18)25-17-31-26(29-25)16-24(21-8-6-5-7-9-21)28-22-10-12-23(30-4)13-11-22/h5-16,25,28H,17H2,1-4H3. The van der Waals surface area contributed by atoms with Crippen LogP contribution in [0.5, 0.6) is 5.75 Å². The largest absolute Gasteiger partial charge is 0.497 e. The smallest absolute Gasteiger partial charge is 0.211 e. The van der Waals surface area contributed by atoms with E-state index in [1.54, 1.807) is 7.11 Å². The number of hydrogen-bond acceptors (Lipinski definition) is 4. The third kappa shape index (κ3) is 4.80. The van der Waals surface area contributed by atoms with E-state index in [2.05, 4.69) is 50.4 Å². The Labute approximate surface area is 184 Å². The van der Waals surface area contributed by atoms with Gasteiger partial charge in [-0.15, -0.1) is 0 Å². The lowest BCUT2D eigenvalue weighted by Crippen LogP contribution is -2.04. The molecule has 0 saturated carbocycles. The molecular formula is C27H28N2O2. The maximum atomic E-state index is 6.00. The fourth-order valence-electron chi connectivity index (χ4n) is 4.10. The zero-order valence-electron chi connectivity index (χ0n) is 18.5. The van der Waals surface area contributed by atoms with Gasteiger partial charge < -0.3 is 14.8 Å². The molecule has 4 rings (SSSR count). The Hall–Kier alpha value is -3.53. The van der Waals surface area contributed by atoms with E-state index in [4.69, 9.17) is 14.5 Å². The second-order valence-corrected chi connectivity index (χ2v) is 7.88. The number of aryl methyl sites for hydroxylation is 3. The fourth-order valence-corrected chi connectivity index (χ4v) is 4.10. The number of methoxy groups -OCH3 is 1. The first-order valence-electron chi connectivity index (χ1n) is 10.5. The van der Waals surface area contributed by atoms with Crippen LogP contribution in [0.2, 0.25) is 0 Å². The summed E-state index contributed by atoms with van der Waals surface area (Å²) in [4.78, 5) is 4.90. The van der Waals surface area contributed by atoms with Gasteiger partial charge in [-0.05, 0) is 67.3 Å². The van der Waals surface area contributed by atoms with Gasteiger partial charge in [0, 0.05) is 11.8 Å². The first-order valence-corrected chi connectivity index (χ1v) is 10.5. The van der Waals surface area contributed by atoms with Gasteiger partial charge in [-0.25, -0.2) is 4.99 Å². The fraction of sp³-hybridized carbons (Fsp3) is 0.222. The van der Waals surface area contributed by atoms with Gasteiger partial charge in [-0.1, -0.05) is 48.0 Å². The van der Waals surface area contributed by atoms with Crippen molar-refractivity contribution in [3.05, 3.63) is 101 Å². The number of rotatable bonds is 6. The summed E-state index contributed by atoms with van der Waals surface area (Å²) in [6.45, 7) is 6.99. The maximum Gasteiger partial charge on any atom is 0.211 e. The van der Waals surface area contributed by atoms with E-state index in [0.29, 0.717) is 12.5 Å². The zero-order valence-corrected chi connectivity index (χ0v) is 18.5. The number of aliphatic imine (C=N–C) groups is 1. The first-order chi connectivity index (χ1) is 15.0. The van der Waals surface area contributed by atoms with Gasteiger partial charge >= 0.3 is 0 Å². The average Bonchev–Trinajstić information content (AvgIpc) is 3.21. The van der Waals surface area contributed by atoms with Crippen LogP contribution in [0.4, 0.5) is 5.69 Å². The Morgan fingerprint density at radius 3 is 2.32 bits per heavy atom. The molecule has 0 spiro atoms. The molecule has 4 nitrogen and oxygen atoms in total. The molecule has 4 heteroatoms. The second kappa shape index (κ2) is 9.09. The maximum absolute atomic E-state index is 6.00. The number of benzene rings is 3. The number of nitrogens with one attached hydrogen (secondary N) is 1. The van der Waals surface area contributed by atoms with Gasteiger partial charge in [-0.3, -0.25) is 0 Å². The molecule has 0 radical (unpaired) electrons. The Morgan fingerprint density at radius 2 is 1.68 bits per heavy atom. The third-order valence-corrected chi connectivity index (χ3v) is 5.47. The molecule has 0 amide bonds. The summed E-state index contributed by atoms with van der Waals surface area (Å²) in [6, 6.07) is 22.5. The number of ether oxygens (including phenoxy) is 2. The van der Waals surface area contributed by atoms with Crippen molar-refractivity contribution in [1.82, 2.24) is 0 Å². The van der Waals surface area contributed by atoms with Gasteiger partial charge in [0.1, 0.15) is 18.4 Å². The van der Waals surface area contributed by atoms with Crippen molar-refractivity contribution in [3.63, 3.8) is 0 Å². The van der Waals surface area contributed by atoms with Crippen LogP contribution in [0, 0.1) is 20.8 Å². The first kappa shape index (κ1) is 20.7. The molecule has 31 heavy (non-hydrogen) atoms. The quantitative estimate of drug-likeness (QED) is 0.521. The van der Waals surface area contributed by atoms with Crippen molar-refractivity contribution < 1.29 is 9.47 Å². The second-order valence-electron chi connectivity index (χ2n) is 7.88. The highest BCUT2D eigenvalue weighted by atomic mass is 16.5. The summed E-state index contributed by atoms with van der Waals surface area (Å²) in [6.07, 6.45) is 1.98. The SMILES string of the molecule is COc1ccc(NC(=CC2=NC(c3c(C)cc(C)cc3C)CO2)c2ccccc2)cc1. The monoisotopic (exact) mass is 412 g/mol. The van der Waals surface area contributed by atoms with E-state index in [-0.39, 0.29) is 6.04 Å². The molecule has 0 bridgehead atoms. The van der Waals surface area contributed by atoms with Crippen LogP contribution in [0.3, 0.4) is 0 Å². The van der Waals surface area contributed by atoms with Crippen molar-refractivity contribution in [3.8, 4) is 5.75 Å². The minimum atomic E-state index is 0.0184. The average molecular weight is 413 g/mol. The van der Waals surface area contributed by atoms with Crippen molar-refractivity contribution in [1.29, 1.82) is 0 Å². The van der Waals surface area contributed by atoms with Gasteiger partial charge in [-0.2, -0.15) is 0 Å². The van der Waals surface area contributed by atoms with Gasteiger partial charge in [0.05, 0.1) is 12.8 Å². The summed E-state index contributed by atoms with van der Waals surface area (Å²) in [7, 11) is 1.67. The Kier molecular flexibility index (Phi) is 6.08. The van der Waals surface area contributed by atoms with Crippen LogP contribution in [0.25, 0.3) is 5.70 Å². The summed E-state index contributed by atoms with van der Waals surface area (Å²) >= 11 is 0. The van der Waals surface area contributed by atoms with Gasteiger partial charge in [0.2, 0.25) is 5.90 Å². The molecule has 1 heterocycles. The van der Waals surface area contributed by atoms with E-state index < -0.39 is 0 Å². The Morgan fingerprint density at radius 1 is 1.00 bits per heavy atom. The van der Waals surface area contributed by atoms with Crippen LogP contribution in [-0.4, -0.2) is 19.6 Å². The van der Waals surface area contributed by atoms with Crippen LogP contribution in [0.15, 0.2) is 77.8 Å². The summed E-state index contributed by atoms with van der Waals surface area (Å²) < 4.78 is 11.3. The predicted molar refractivity (Wildman–Crippen MR) is 128 cm³/mol. The molecule has 0 saturated heterocycles. The molecule has 1 atom stereocenters. The molecule has 3 aromatic carbocycles. The third-order valence-electron chi connectivity index (χ3n) is 5.47. The van der Waals surface area contributed by atoms with Crippen LogP contribution < -0.4 is 10.1 Å². The Bertz CT molecular complexity index is 1090. The van der Waals surface area contributed by atoms with E-state index in [9.17, 15) is 0 Å². The van der Waals surface area contributed by atoms with E-state index in [0.717, 1.165) is 22.7 Å². The molecular weight excluding hydrogens is 384 g/mol. The lowest BCUT2D eigenvalue weighted by molar-refractivity contribution is 0.320. The zero-order chi connectivity index (χ0) is 21.8. The molecule has 1 unspecified atom stereocenters. The highest BCUT2D eigenvalue weighted by Gasteiger charge is 2.23. The van der Waals surface area contributed by atoms with Crippen molar-refractivity contribution >= 4 is 17.3 Å².